The van der Waals surface area contributed by atoms with Gasteiger partial charge in [-0.1, -0.05) is 26.3 Å². The molecule has 0 aliphatic heterocycles. The van der Waals surface area contributed by atoms with Crippen LogP contribution in [0.5, 0.6) is 5.75 Å². The van der Waals surface area contributed by atoms with E-state index in [4.69, 9.17) is 9.84 Å². The van der Waals surface area contributed by atoms with Gasteiger partial charge in [0.25, 0.3) is 0 Å². The average Bonchev–Trinajstić information content (AvgIpc) is 2.49. The number of benzene rings is 1. The van der Waals surface area contributed by atoms with Crippen molar-refractivity contribution in [3.63, 3.8) is 0 Å². The molecular formula is C16H22FNO4. The number of rotatable bonds is 8. The lowest BCUT2D eigenvalue weighted by molar-refractivity contribution is -0.143. The fourth-order valence-electron chi connectivity index (χ4n) is 2.05. The van der Waals surface area contributed by atoms with E-state index in [0.717, 1.165) is 0 Å². The number of hydrogen-bond acceptors (Lipinski definition) is 3. The Balaban J connectivity index is 2.58. The van der Waals surface area contributed by atoms with Crippen molar-refractivity contribution in [2.75, 3.05) is 7.11 Å². The number of halogens is 1. The molecule has 1 rings (SSSR count). The standard InChI is InChI=1S/C16H22FNO4/c1-4-10(2)15(16(20)21)18-14(19)8-6-11-5-7-13(22-3)12(17)9-11/h5,7,9-10,15H,4,6,8H2,1-3H3,(H,18,19)(H,20,21)/t10-,15-/m0/s1. The minimum Gasteiger partial charge on any atom is -0.494 e. The van der Waals surface area contributed by atoms with Gasteiger partial charge in [0, 0.05) is 6.42 Å². The molecule has 22 heavy (non-hydrogen) atoms. The number of ether oxygens (including phenoxy) is 1. The highest BCUT2D eigenvalue weighted by Crippen LogP contribution is 2.18. The molecule has 0 aliphatic rings. The van der Waals surface area contributed by atoms with Crippen LogP contribution < -0.4 is 10.1 Å². The van der Waals surface area contributed by atoms with E-state index in [2.05, 4.69) is 5.32 Å². The Morgan fingerprint density at radius 1 is 1.41 bits per heavy atom. The summed E-state index contributed by atoms with van der Waals surface area (Å²) >= 11 is 0. The molecule has 0 heterocycles. The maximum atomic E-state index is 13.5. The van der Waals surface area contributed by atoms with E-state index < -0.39 is 17.8 Å². The average molecular weight is 311 g/mol. The Labute approximate surface area is 129 Å². The first kappa shape index (κ1) is 17.9. The van der Waals surface area contributed by atoms with Crippen LogP contribution in [0.3, 0.4) is 0 Å². The van der Waals surface area contributed by atoms with E-state index in [9.17, 15) is 14.0 Å². The van der Waals surface area contributed by atoms with Gasteiger partial charge >= 0.3 is 5.97 Å². The second-order valence-corrected chi connectivity index (χ2v) is 5.24. The summed E-state index contributed by atoms with van der Waals surface area (Å²) < 4.78 is 18.4. The quantitative estimate of drug-likeness (QED) is 0.773. The number of aryl methyl sites for hydroxylation is 1. The molecule has 2 atom stereocenters. The molecule has 0 radical (unpaired) electrons. The number of amides is 1. The van der Waals surface area contributed by atoms with Gasteiger partial charge in [-0.05, 0) is 30.0 Å². The third-order valence-electron chi connectivity index (χ3n) is 3.65. The summed E-state index contributed by atoms with van der Waals surface area (Å²) in [6.07, 6.45) is 1.09. The molecule has 0 unspecified atom stereocenters. The number of hydrogen-bond donors (Lipinski definition) is 2. The Morgan fingerprint density at radius 2 is 2.09 bits per heavy atom. The molecule has 122 valence electrons. The summed E-state index contributed by atoms with van der Waals surface area (Å²) in [5.74, 6) is -1.89. The first-order chi connectivity index (χ1) is 10.4. The highest BCUT2D eigenvalue weighted by molar-refractivity contribution is 5.83. The van der Waals surface area contributed by atoms with Gasteiger partial charge in [0.15, 0.2) is 11.6 Å². The second kappa shape index (κ2) is 8.36. The zero-order valence-corrected chi connectivity index (χ0v) is 13.1. The molecule has 6 heteroatoms. The van der Waals surface area contributed by atoms with Gasteiger partial charge in [-0.25, -0.2) is 9.18 Å². The molecule has 0 spiro atoms. The van der Waals surface area contributed by atoms with Crippen molar-refractivity contribution >= 4 is 11.9 Å². The summed E-state index contributed by atoms with van der Waals surface area (Å²) in [4.78, 5) is 23.0. The van der Waals surface area contributed by atoms with E-state index in [1.165, 1.54) is 19.2 Å². The van der Waals surface area contributed by atoms with Crippen LogP contribution in [0.2, 0.25) is 0 Å². The smallest absolute Gasteiger partial charge is 0.326 e. The van der Waals surface area contributed by atoms with Gasteiger partial charge in [0.05, 0.1) is 7.11 Å². The van der Waals surface area contributed by atoms with Crippen LogP contribution in [0.25, 0.3) is 0 Å². The van der Waals surface area contributed by atoms with E-state index >= 15 is 0 Å². The molecule has 1 aromatic rings. The molecule has 5 nitrogen and oxygen atoms in total. The zero-order chi connectivity index (χ0) is 16.7. The molecule has 1 amide bonds. The first-order valence-corrected chi connectivity index (χ1v) is 7.23. The minimum atomic E-state index is -1.04. The lowest BCUT2D eigenvalue weighted by Gasteiger charge is -2.20. The van der Waals surface area contributed by atoms with E-state index in [1.807, 2.05) is 6.92 Å². The van der Waals surface area contributed by atoms with Crippen molar-refractivity contribution in [3.05, 3.63) is 29.6 Å². The number of carboxylic acid groups (broad SMARTS) is 1. The summed E-state index contributed by atoms with van der Waals surface area (Å²) in [5.41, 5.74) is 0.656. The van der Waals surface area contributed by atoms with Crippen LogP contribution in [0.4, 0.5) is 4.39 Å². The Kier molecular flexibility index (Phi) is 6.82. The number of nitrogens with one attached hydrogen (secondary N) is 1. The second-order valence-electron chi connectivity index (χ2n) is 5.24. The zero-order valence-electron chi connectivity index (χ0n) is 13.1. The molecule has 0 aromatic heterocycles. The maximum Gasteiger partial charge on any atom is 0.326 e. The highest BCUT2D eigenvalue weighted by atomic mass is 19.1. The summed E-state index contributed by atoms with van der Waals surface area (Å²) in [5, 5.41) is 11.6. The van der Waals surface area contributed by atoms with Gasteiger partial charge in [0.1, 0.15) is 6.04 Å². The topological polar surface area (TPSA) is 75.6 Å². The van der Waals surface area contributed by atoms with Gasteiger partial charge in [0.2, 0.25) is 5.91 Å². The number of aliphatic carboxylic acids is 1. The predicted molar refractivity (Wildman–Crippen MR) is 80.3 cm³/mol. The monoisotopic (exact) mass is 311 g/mol. The van der Waals surface area contributed by atoms with Gasteiger partial charge < -0.3 is 15.2 Å². The number of carbonyl (C=O) groups excluding carboxylic acids is 1. The summed E-state index contributed by atoms with van der Waals surface area (Å²) in [6, 6.07) is 3.60. The molecule has 0 fully saturated rings. The molecule has 1 aromatic carbocycles. The van der Waals surface area contributed by atoms with Crippen molar-refractivity contribution in [1.29, 1.82) is 0 Å². The Hall–Kier alpha value is -2.11. The van der Waals surface area contributed by atoms with E-state index in [-0.39, 0.29) is 24.0 Å². The van der Waals surface area contributed by atoms with Crippen molar-refractivity contribution in [2.24, 2.45) is 5.92 Å². The molecule has 0 saturated carbocycles. The largest absolute Gasteiger partial charge is 0.494 e. The van der Waals surface area contributed by atoms with Crippen LogP contribution in [0, 0.1) is 11.7 Å². The summed E-state index contributed by atoms with van der Waals surface area (Å²) in [7, 11) is 1.38. The third-order valence-corrected chi connectivity index (χ3v) is 3.65. The maximum absolute atomic E-state index is 13.5. The first-order valence-electron chi connectivity index (χ1n) is 7.23. The molecule has 0 aliphatic carbocycles. The lowest BCUT2D eigenvalue weighted by atomic mass is 9.99. The van der Waals surface area contributed by atoms with E-state index in [1.54, 1.807) is 13.0 Å². The van der Waals surface area contributed by atoms with Crippen molar-refractivity contribution in [2.45, 2.75) is 39.2 Å². The number of carbonyl (C=O) groups is 2. The molecule has 0 saturated heterocycles. The predicted octanol–water partition coefficient (Wildman–Crippen LogP) is 2.38. The molecule has 0 bridgehead atoms. The van der Waals surface area contributed by atoms with E-state index in [0.29, 0.717) is 18.4 Å². The number of carboxylic acids is 1. The van der Waals surface area contributed by atoms with Crippen molar-refractivity contribution in [1.82, 2.24) is 5.32 Å². The van der Waals surface area contributed by atoms with Crippen molar-refractivity contribution in [3.8, 4) is 5.75 Å². The fourth-order valence-corrected chi connectivity index (χ4v) is 2.05. The van der Waals surface area contributed by atoms with Crippen LogP contribution in [-0.4, -0.2) is 30.1 Å². The summed E-state index contributed by atoms with van der Waals surface area (Å²) in [6.45, 7) is 3.64. The van der Waals surface area contributed by atoms with Gasteiger partial charge in [-0.3, -0.25) is 4.79 Å². The fraction of sp³-hybridized carbons (Fsp3) is 0.500. The molecular weight excluding hydrogens is 289 g/mol. The van der Waals surface area contributed by atoms with Crippen LogP contribution >= 0.6 is 0 Å². The normalized spacial score (nSPS) is 13.3. The SMILES string of the molecule is CC[C@H](C)[C@H](NC(=O)CCc1ccc(OC)c(F)c1)C(=O)O. The highest BCUT2D eigenvalue weighted by Gasteiger charge is 2.24. The van der Waals surface area contributed by atoms with Crippen LogP contribution in [-0.2, 0) is 16.0 Å². The van der Waals surface area contributed by atoms with Crippen LogP contribution in [0.1, 0.15) is 32.3 Å². The Bertz CT molecular complexity index is 533. The Morgan fingerprint density at radius 3 is 2.59 bits per heavy atom. The molecule has 2 N–H and O–H groups in total. The van der Waals surface area contributed by atoms with Crippen LogP contribution in [0.15, 0.2) is 18.2 Å². The van der Waals surface area contributed by atoms with Gasteiger partial charge in [-0.2, -0.15) is 0 Å². The van der Waals surface area contributed by atoms with Gasteiger partial charge in [-0.15, -0.1) is 0 Å². The van der Waals surface area contributed by atoms with Crippen molar-refractivity contribution < 1.29 is 23.8 Å². The number of methoxy groups -OCH3 is 1. The minimum absolute atomic E-state index is 0.103. The lowest BCUT2D eigenvalue weighted by Crippen LogP contribution is -2.45. The third kappa shape index (κ3) is 5.02.